The summed E-state index contributed by atoms with van der Waals surface area (Å²) in [7, 11) is 4.53. The molecule has 1 rings (SSSR count). The Morgan fingerprint density at radius 1 is 1.19 bits per heavy atom. The maximum Gasteiger partial charge on any atom is 0.304 e. The van der Waals surface area contributed by atoms with Crippen LogP contribution in [0.2, 0.25) is 0 Å². The number of carboxylic acids is 1. The van der Waals surface area contributed by atoms with Gasteiger partial charge in [-0.2, -0.15) is 0 Å². The smallest absolute Gasteiger partial charge is 0.304 e. The van der Waals surface area contributed by atoms with Crippen molar-refractivity contribution in [2.75, 3.05) is 21.3 Å². The van der Waals surface area contributed by atoms with E-state index >= 15 is 0 Å². The van der Waals surface area contributed by atoms with Crippen molar-refractivity contribution in [1.29, 1.82) is 0 Å². The van der Waals surface area contributed by atoms with Crippen molar-refractivity contribution in [2.45, 2.75) is 31.7 Å². The second-order valence-electron chi connectivity index (χ2n) is 5.40. The monoisotopic (exact) mass is 297 g/mol. The number of methoxy groups -OCH3 is 3. The Bertz CT molecular complexity index is 508. The van der Waals surface area contributed by atoms with Crippen LogP contribution < -0.4 is 19.9 Å². The number of aliphatic carboxylic acids is 1. The molecule has 0 aromatic heterocycles. The van der Waals surface area contributed by atoms with Gasteiger partial charge < -0.3 is 25.1 Å². The Morgan fingerprint density at radius 2 is 1.76 bits per heavy atom. The summed E-state index contributed by atoms with van der Waals surface area (Å²) < 4.78 is 16.0. The molecule has 0 radical (unpaired) electrons. The Hall–Kier alpha value is -1.95. The van der Waals surface area contributed by atoms with E-state index in [1.54, 1.807) is 26.0 Å². The lowest BCUT2D eigenvalue weighted by molar-refractivity contribution is -0.137. The molecule has 0 aliphatic carbocycles. The Morgan fingerprint density at radius 3 is 2.14 bits per heavy atom. The van der Waals surface area contributed by atoms with E-state index < -0.39 is 17.4 Å². The summed E-state index contributed by atoms with van der Waals surface area (Å²) in [6.07, 6.45) is -0.102. The lowest BCUT2D eigenvalue weighted by Gasteiger charge is -2.31. The van der Waals surface area contributed by atoms with Crippen molar-refractivity contribution >= 4 is 5.97 Å². The minimum atomic E-state index is -0.921. The first-order chi connectivity index (χ1) is 9.76. The van der Waals surface area contributed by atoms with Gasteiger partial charge >= 0.3 is 5.97 Å². The van der Waals surface area contributed by atoms with Gasteiger partial charge in [0.2, 0.25) is 5.75 Å². The van der Waals surface area contributed by atoms with E-state index in [1.807, 2.05) is 0 Å². The van der Waals surface area contributed by atoms with Crippen molar-refractivity contribution < 1.29 is 24.1 Å². The van der Waals surface area contributed by atoms with Gasteiger partial charge in [-0.15, -0.1) is 0 Å². The molecule has 0 aliphatic rings. The third-order valence-corrected chi connectivity index (χ3v) is 3.39. The highest BCUT2D eigenvalue weighted by molar-refractivity contribution is 5.69. The Kier molecular flexibility index (Phi) is 5.43. The topological polar surface area (TPSA) is 91.0 Å². The molecule has 6 heteroatoms. The molecule has 0 bridgehead atoms. The molecule has 0 heterocycles. The van der Waals surface area contributed by atoms with Crippen molar-refractivity contribution in [3.63, 3.8) is 0 Å². The van der Waals surface area contributed by atoms with Crippen LogP contribution in [0.4, 0.5) is 0 Å². The molecular weight excluding hydrogens is 274 g/mol. The first-order valence-corrected chi connectivity index (χ1v) is 6.55. The van der Waals surface area contributed by atoms with Gasteiger partial charge in [-0.3, -0.25) is 4.79 Å². The second kappa shape index (κ2) is 6.67. The van der Waals surface area contributed by atoms with Crippen LogP contribution in [0.25, 0.3) is 0 Å². The van der Waals surface area contributed by atoms with E-state index in [1.165, 1.54) is 21.3 Å². The van der Waals surface area contributed by atoms with Gasteiger partial charge in [0.25, 0.3) is 0 Å². The van der Waals surface area contributed by atoms with E-state index in [0.717, 1.165) is 0 Å². The average Bonchev–Trinajstić information content (AvgIpc) is 2.41. The van der Waals surface area contributed by atoms with E-state index in [-0.39, 0.29) is 6.42 Å². The van der Waals surface area contributed by atoms with Crippen molar-refractivity contribution in [1.82, 2.24) is 0 Å². The second-order valence-corrected chi connectivity index (χ2v) is 5.40. The summed E-state index contributed by atoms with van der Waals surface area (Å²) in [4.78, 5) is 11.2. The maximum absolute atomic E-state index is 11.2. The van der Waals surface area contributed by atoms with Crippen molar-refractivity contribution in [2.24, 2.45) is 5.73 Å². The molecular formula is C15H23NO5. The van der Waals surface area contributed by atoms with Gasteiger partial charge in [0, 0.05) is 17.0 Å². The zero-order chi connectivity index (χ0) is 16.2. The summed E-state index contributed by atoms with van der Waals surface area (Å²) in [6.45, 7) is 3.58. The molecule has 0 amide bonds. The van der Waals surface area contributed by atoms with Crippen LogP contribution in [0.1, 0.15) is 31.7 Å². The standard InChI is InChI=1S/C15H23NO5/c1-15(2,16)10(8-12(17)18)9-6-7-11(19-3)14(21-5)13(9)20-4/h6-7,10H,8,16H2,1-5H3,(H,17,18). The van der Waals surface area contributed by atoms with E-state index in [0.29, 0.717) is 22.8 Å². The van der Waals surface area contributed by atoms with Crippen LogP contribution in [-0.4, -0.2) is 37.9 Å². The lowest BCUT2D eigenvalue weighted by atomic mass is 9.80. The molecule has 21 heavy (non-hydrogen) atoms. The van der Waals surface area contributed by atoms with E-state index in [2.05, 4.69) is 0 Å². The molecule has 0 fully saturated rings. The molecule has 118 valence electrons. The highest BCUT2D eigenvalue weighted by Gasteiger charge is 2.33. The SMILES string of the molecule is COc1ccc(C(CC(=O)O)C(C)(C)N)c(OC)c1OC. The highest BCUT2D eigenvalue weighted by atomic mass is 16.5. The van der Waals surface area contributed by atoms with Crippen LogP contribution in [0.3, 0.4) is 0 Å². The van der Waals surface area contributed by atoms with Gasteiger partial charge in [-0.05, 0) is 19.9 Å². The molecule has 1 unspecified atom stereocenters. The lowest BCUT2D eigenvalue weighted by Crippen LogP contribution is -2.40. The quantitative estimate of drug-likeness (QED) is 0.800. The number of rotatable bonds is 7. The predicted octanol–water partition coefficient (Wildman–Crippen LogP) is 2.01. The molecule has 0 saturated heterocycles. The minimum absolute atomic E-state index is 0.102. The number of carbonyl (C=O) groups is 1. The van der Waals surface area contributed by atoms with Gasteiger partial charge in [0.1, 0.15) is 0 Å². The number of hydrogen-bond acceptors (Lipinski definition) is 5. The first kappa shape index (κ1) is 17.1. The molecule has 1 aromatic rings. The van der Waals surface area contributed by atoms with Gasteiger partial charge in [0.15, 0.2) is 11.5 Å². The summed E-state index contributed by atoms with van der Waals surface area (Å²) in [6, 6.07) is 3.49. The number of benzene rings is 1. The number of hydrogen-bond donors (Lipinski definition) is 2. The zero-order valence-corrected chi connectivity index (χ0v) is 13.1. The summed E-state index contributed by atoms with van der Waals surface area (Å²) in [5.41, 5.74) is 6.11. The number of ether oxygens (including phenoxy) is 3. The molecule has 0 saturated carbocycles. The van der Waals surface area contributed by atoms with Crippen LogP contribution in [-0.2, 0) is 4.79 Å². The molecule has 1 atom stereocenters. The highest BCUT2D eigenvalue weighted by Crippen LogP contribution is 2.45. The third-order valence-electron chi connectivity index (χ3n) is 3.39. The van der Waals surface area contributed by atoms with Crippen molar-refractivity contribution in [3.8, 4) is 17.2 Å². The fourth-order valence-electron chi connectivity index (χ4n) is 2.35. The van der Waals surface area contributed by atoms with Crippen LogP contribution in [0.15, 0.2) is 12.1 Å². The largest absolute Gasteiger partial charge is 0.493 e. The molecule has 1 aromatic carbocycles. The van der Waals surface area contributed by atoms with E-state index in [9.17, 15) is 4.79 Å². The zero-order valence-electron chi connectivity index (χ0n) is 13.1. The normalized spacial score (nSPS) is 12.7. The fraction of sp³-hybridized carbons (Fsp3) is 0.533. The average molecular weight is 297 g/mol. The predicted molar refractivity (Wildman–Crippen MR) is 79.4 cm³/mol. The van der Waals surface area contributed by atoms with E-state index in [4.69, 9.17) is 25.1 Å². The first-order valence-electron chi connectivity index (χ1n) is 6.55. The van der Waals surface area contributed by atoms with Crippen LogP contribution in [0, 0.1) is 0 Å². The fourth-order valence-corrected chi connectivity index (χ4v) is 2.35. The summed E-state index contributed by atoms with van der Waals surface area (Å²) in [5, 5.41) is 9.15. The Balaban J connectivity index is 3.47. The third kappa shape index (κ3) is 3.78. The van der Waals surface area contributed by atoms with Gasteiger partial charge in [-0.1, -0.05) is 6.07 Å². The number of nitrogens with two attached hydrogens (primary N) is 1. The van der Waals surface area contributed by atoms with Gasteiger partial charge in [-0.25, -0.2) is 0 Å². The number of carboxylic acid groups (broad SMARTS) is 1. The van der Waals surface area contributed by atoms with Crippen LogP contribution >= 0.6 is 0 Å². The van der Waals surface area contributed by atoms with Crippen molar-refractivity contribution in [3.05, 3.63) is 17.7 Å². The van der Waals surface area contributed by atoms with Gasteiger partial charge in [0.05, 0.1) is 27.8 Å². The summed E-state index contributed by atoms with van der Waals surface area (Å²) >= 11 is 0. The molecule has 6 nitrogen and oxygen atoms in total. The Labute approximate surface area is 124 Å². The summed E-state index contributed by atoms with van der Waals surface area (Å²) in [5.74, 6) is 0.0425. The minimum Gasteiger partial charge on any atom is -0.493 e. The van der Waals surface area contributed by atoms with Crippen LogP contribution in [0.5, 0.6) is 17.2 Å². The molecule has 0 aliphatic heterocycles. The molecule has 0 spiro atoms. The maximum atomic E-state index is 11.2. The molecule has 3 N–H and O–H groups in total.